The fourth-order valence-electron chi connectivity index (χ4n) is 1.34. The molecule has 5 heteroatoms. The number of amides is 1. The topological polar surface area (TPSA) is 42.2 Å². The molecule has 0 atom stereocenters. The van der Waals surface area contributed by atoms with Crippen LogP contribution >= 0.6 is 23.2 Å². The van der Waals surface area contributed by atoms with Gasteiger partial charge in [0.1, 0.15) is 0 Å². The molecular formula is C12H9Cl2NO2. The molecule has 0 unspecified atom stereocenters. The van der Waals surface area contributed by atoms with Crippen molar-refractivity contribution in [3.05, 3.63) is 51.9 Å². The van der Waals surface area contributed by atoms with Crippen molar-refractivity contribution in [2.45, 2.75) is 6.92 Å². The Hall–Kier alpha value is -1.45. The van der Waals surface area contributed by atoms with Crippen LogP contribution in [0.5, 0.6) is 0 Å². The minimum Gasteiger partial charge on any atom is -0.440 e. The lowest BCUT2D eigenvalue weighted by molar-refractivity contribution is 0.0997. The van der Waals surface area contributed by atoms with E-state index in [1.54, 1.807) is 12.1 Å². The first kappa shape index (κ1) is 12.0. The summed E-state index contributed by atoms with van der Waals surface area (Å²) in [7, 11) is 0. The van der Waals surface area contributed by atoms with E-state index in [-0.39, 0.29) is 16.9 Å². The van der Waals surface area contributed by atoms with Crippen LogP contribution in [0, 0.1) is 6.92 Å². The molecule has 1 amide bonds. The second-order valence-electron chi connectivity index (χ2n) is 3.54. The van der Waals surface area contributed by atoms with Crippen LogP contribution < -0.4 is 5.32 Å². The van der Waals surface area contributed by atoms with Gasteiger partial charge in [0.2, 0.25) is 0 Å². The summed E-state index contributed by atoms with van der Waals surface area (Å²) in [4.78, 5) is 11.7. The highest BCUT2D eigenvalue weighted by Crippen LogP contribution is 2.23. The second kappa shape index (κ2) is 4.82. The molecule has 0 spiro atoms. The standard InChI is InChI=1S/C12H9Cl2NO2/c1-7-2-3-9(8(13)6-7)15-12(16)10-4-5-11(14)17-10/h2-6H,1H3,(H,15,16). The number of halogens is 2. The molecule has 2 rings (SSSR count). The molecule has 0 aliphatic rings. The summed E-state index contributed by atoms with van der Waals surface area (Å²) in [5.41, 5.74) is 1.56. The van der Waals surface area contributed by atoms with Crippen molar-refractivity contribution in [1.82, 2.24) is 0 Å². The molecule has 0 radical (unpaired) electrons. The SMILES string of the molecule is Cc1ccc(NC(=O)c2ccc(Cl)o2)c(Cl)c1. The average molecular weight is 270 g/mol. The molecule has 3 nitrogen and oxygen atoms in total. The van der Waals surface area contributed by atoms with Gasteiger partial charge in [0.15, 0.2) is 11.0 Å². The van der Waals surface area contributed by atoms with Crippen molar-refractivity contribution < 1.29 is 9.21 Å². The van der Waals surface area contributed by atoms with Crippen molar-refractivity contribution in [2.24, 2.45) is 0 Å². The normalized spacial score (nSPS) is 10.3. The first-order valence-electron chi connectivity index (χ1n) is 4.89. The quantitative estimate of drug-likeness (QED) is 0.890. The summed E-state index contributed by atoms with van der Waals surface area (Å²) in [6.07, 6.45) is 0. The Morgan fingerprint density at radius 3 is 2.59 bits per heavy atom. The van der Waals surface area contributed by atoms with Crippen LogP contribution in [0.1, 0.15) is 16.1 Å². The first-order valence-corrected chi connectivity index (χ1v) is 5.64. The zero-order valence-electron chi connectivity index (χ0n) is 8.96. The van der Waals surface area contributed by atoms with Crippen LogP contribution in [0.3, 0.4) is 0 Å². The zero-order chi connectivity index (χ0) is 12.4. The van der Waals surface area contributed by atoms with E-state index in [1.807, 2.05) is 13.0 Å². The minimum atomic E-state index is -0.386. The van der Waals surface area contributed by atoms with Crippen LogP contribution in [0.4, 0.5) is 5.69 Å². The van der Waals surface area contributed by atoms with Gasteiger partial charge in [0, 0.05) is 0 Å². The van der Waals surface area contributed by atoms with E-state index in [0.29, 0.717) is 10.7 Å². The van der Waals surface area contributed by atoms with Crippen molar-refractivity contribution >= 4 is 34.8 Å². The lowest BCUT2D eigenvalue weighted by Gasteiger charge is -2.06. The molecule has 1 aromatic carbocycles. The van der Waals surface area contributed by atoms with Gasteiger partial charge in [0.25, 0.3) is 5.91 Å². The average Bonchev–Trinajstić information content (AvgIpc) is 2.69. The van der Waals surface area contributed by atoms with Gasteiger partial charge in [-0.15, -0.1) is 0 Å². The molecule has 0 bridgehead atoms. The number of hydrogen-bond acceptors (Lipinski definition) is 2. The number of benzene rings is 1. The van der Waals surface area contributed by atoms with Crippen LogP contribution in [0.15, 0.2) is 34.7 Å². The number of carbonyl (C=O) groups is 1. The summed E-state index contributed by atoms with van der Waals surface area (Å²) < 4.78 is 4.99. The highest BCUT2D eigenvalue weighted by atomic mass is 35.5. The van der Waals surface area contributed by atoms with Crippen LogP contribution in [0.2, 0.25) is 10.2 Å². The van der Waals surface area contributed by atoms with Crippen LogP contribution in [-0.2, 0) is 0 Å². The Morgan fingerprint density at radius 1 is 1.24 bits per heavy atom. The molecule has 1 heterocycles. The lowest BCUT2D eigenvalue weighted by atomic mass is 10.2. The van der Waals surface area contributed by atoms with Gasteiger partial charge in [-0.25, -0.2) is 0 Å². The number of furan rings is 1. The van der Waals surface area contributed by atoms with Crippen molar-refractivity contribution in [2.75, 3.05) is 5.32 Å². The smallest absolute Gasteiger partial charge is 0.291 e. The molecule has 1 N–H and O–H groups in total. The van der Waals surface area contributed by atoms with E-state index < -0.39 is 0 Å². The number of aryl methyl sites for hydroxylation is 1. The summed E-state index contributed by atoms with van der Waals surface area (Å²) in [5, 5.41) is 3.30. The van der Waals surface area contributed by atoms with Gasteiger partial charge in [-0.05, 0) is 48.4 Å². The number of hydrogen-bond donors (Lipinski definition) is 1. The van der Waals surface area contributed by atoms with E-state index in [1.165, 1.54) is 12.1 Å². The number of carbonyl (C=O) groups excluding carboxylic acids is 1. The first-order chi connectivity index (χ1) is 8.06. The largest absolute Gasteiger partial charge is 0.440 e. The summed E-state index contributed by atoms with van der Waals surface area (Å²) >= 11 is 11.6. The molecule has 0 saturated heterocycles. The second-order valence-corrected chi connectivity index (χ2v) is 4.32. The molecule has 1 aromatic heterocycles. The predicted molar refractivity (Wildman–Crippen MR) is 67.9 cm³/mol. The third-order valence-electron chi connectivity index (χ3n) is 2.17. The molecule has 0 aliphatic carbocycles. The van der Waals surface area contributed by atoms with Crippen LogP contribution in [-0.4, -0.2) is 5.91 Å². The summed E-state index contributed by atoms with van der Waals surface area (Å²) in [6.45, 7) is 1.92. The van der Waals surface area contributed by atoms with Gasteiger partial charge in [-0.2, -0.15) is 0 Å². The van der Waals surface area contributed by atoms with Gasteiger partial charge < -0.3 is 9.73 Å². The maximum absolute atomic E-state index is 11.7. The number of anilines is 1. The van der Waals surface area contributed by atoms with E-state index in [4.69, 9.17) is 27.6 Å². The fraction of sp³-hybridized carbons (Fsp3) is 0.0833. The van der Waals surface area contributed by atoms with E-state index in [9.17, 15) is 4.79 Å². The van der Waals surface area contributed by atoms with E-state index in [0.717, 1.165) is 5.56 Å². The highest BCUT2D eigenvalue weighted by molar-refractivity contribution is 6.34. The Balaban J connectivity index is 2.18. The van der Waals surface area contributed by atoms with Gasteiger partial charge in [-0.1, -0.05) is 17.7 Å². The van der Waals surface area contributed by atoms with Gasteiger partial charge >= 0.3 is 0 Å². The molecule has 0 fully saturated rings. The Labute approximate surface area is 108 Å². The Bertz CT molecular complexity index is 563. The molecule has 17 heavy (non-hydrogen) atoms. The highest BCUT2D eigenvalue weighted by Gasteiger charge is 2.12. The molecule has 0 saturated carbocycles. The third kappa shape index (κ3) is 2.81. The molecule has 2 aromatic rings. The maximum Gasteiger partial charge on any atom is 0.291 e. The fourth-order valence-corrected chi connectivity index (χ4v) is 1.77. The van der Waals surface area contributed by atoms with Crippen molar-refractivity contribution in [3.8, 4) is 0 Å². The molecular weight excluding hydrogens is 261 g/mol. The number of rotatable bonds is 2. The Morgan fingerprint density at radius 2 is 2.00 bits per heavy atom. The van der Waals surface area contributed by atoms with Crippen molar-refractivity contribution in [1.29, 1.82) is 0 Å². The molecule has 88 valence electrons. The third-order valence-corrected chi connectivity index (χ3v) is 2.69. The monoisotopic (exact) mass is 269 g/mol. The molecule has 0 aliphatic heterocycles. The lowest BCUT2D eigenvalue weighted by Crippen LogP contribution is -2.11. The predicted octanol–water partition coefficient (Wildman–Crippen LogP) is 4.15. The van der Waals surface area contributed by atoms with Crippen LogP contribution in [0.25, 0.3) is 0 Å². The minimum absolute atomic E-state index is 0.145. The van der Waals surface area contributed by atoms with Gasteiger partial charge in [-0.3, -0.25) is 4.79 Å². The maximum atomic E-state index is 11.7. The van der Waals surface area contributed by atoms with Crippen molar-refractivity contribution in [3.63, 3.8) is 0 Å². The van der Waals surface area contributed by atoms with E-state index >= 15 is 0 Å². The van der Waals surface area contributed by atoms with E-state index in [2.05, 4.69) is 5.32 Å². The zero-order valence-corrected chi connectivity index (χ0v) is 10.5. The Kier molecular flexibility index (Phi) is 3.41. The number of nitrogens with one attached hydrogen (secondary N) is 1. The van der Waals surface area contributed by atoms with Gasteiger partial charge in [0.05, 0.1) is 10.7 Å². The summed E-state index contributed by atoms with van der Waals surface area (Å²) in [5.74, 6) is -0.241. The summed E-state index contributed by atoms with van der Waals surface area (Å²) in [6, 6.07) is 8.37.